The van der Waals surface area contributed by atoms with Crippen LogP contribution in [0.15, 0.2) is 0 Å². The molecule has 0 spiro atoms. The molecule has 0 aromatic heterocycles. The maximum Gasteiger partial charge on any atom is 0.410 e. The normalized spacial score (nSPS) is 19.7. The van der Waals surface area contributed by atoms with E-state index in [0.717, 1.165) is 32.3 Å². The molecule has 2 rings (SSSR count). The van der Waals surface area contributed by atoms with Gasteiger partial charge in [-0.25, -0.2) is 4.79 Å². The van der Waals surface area contributed by atoms with Crippen LogP contribution in [-0.4, -0.2) is 42.1 Å². The Morgan fingerprint density at radius 1 is 1.05 bits per heavy atom. The molecule has 0 radical (unpaired) electrons. The van der Waals surface area contributed by atoms with E-state index in [2.05, 4.69) is 5.32 Å². The van der Waals surface area contributed by atoms with Gasteiger partial charge in [0.25, 0.3) is 0 Å². The Hall–Kier alpha value is -1.26. The fraction of sp³-hybridized carbons (Fsp3) is 0.882. The third-order valence-corrected chi connectivity index (χ3v) is 3.92. The summed E-state index contributed by atoms with van der Waals surface area (Å²) in [7, 11) is 0. The molecular weight excluding hydrogens is 280 g/mol. The van der Waals surface area contributed by atoms with E-state index in [9.17, 15) is 9.59 Å². The lowest BCUT2D eigenvalue weighted by Crippen LogP contribution is -2.39. The fourth-order valence-corrected chi connectivity index (χ4v) is 2.77. The van der Waals surface area contributed by atoms with Crippen LogP contribution in [0.3, 0.4) is 0 Å². The number of piperidine rings is 1. The van der Waals surface area contributed by atoms with Crippen LogP contribution in [0.1, 0.15) is 72.1 Å². The van der Waals surface area contributed by atoms with Gasteiger partial charge >= 0.3 is 6.09 Å². The predicted molar refractivity (Wildman–Crippen MR) is 87.7 cm³/mol. The molecule has 2 aliphatic rings. The summed E-state index contributed by atoms with van der Waals surface area (Å²) in [6.45, 7) is 7.41. The van der Waals surface area contributed by atoms with E-state index in [1.54, 1.807) is 4.90 Å². The molecule has 5 nitrogen and oxygen atoms in total. The van der Waals surface area contributed by atoms with Gasteiger partial charge in [0, 0.05) is 19.1 Å². The van der Waals surface area contributed by atoms with Crippen LogP contribution < -0.4 is 5.32 Å². The number of nitrogens with one attached hydrogen (secondary N) is 1. The summed E-state index contributed by atoms with van der Waals surface area (Å²) < 4.78 is 5.26. The molecule has 0 aromatic rings. The van der Waals surface area contributed by atoms with E-state index >= 15 is 0 Å². The standard InChI is InChI=1S/C10H19NO2.C7H13NO/c1-10(2,3)13-9(12)11-7-5-4-6-8-11;9-6-8-7-4-2-1-3-5-7/h4-8H2,1-3H3;6-7H,1-5H2,(H,8,9). The van der Waals surface area contributed by atoms with Gasteiger partial charge in [-0.2, -0.15) is 0 Å². The average molecular weight is 312 g/mol. The van der Waals surface area contributed by atoms with Gasteiger partial charge in [-0.15, -0.1) is 0 Å². The second-order valence-corrected chi connectivity index (χ2v) is 7.15. The third-order valence-electron chi connectivity index (χ3n) is 3.92. The summed E-state index contributed by atoms with van der Waals surface area (Å²) in [5, 5.41) is 2.80. The van der Waals surface area contributed by atoms with Crippen LogP contribution in [0.2, 0.25) is 0 Å². The second-order valence-electron chi connectivity index (χ2n) is 7.15. The van der Waals surface area contributed by atoms with Crippen LogP contribution in [0.4, 0.5) is 4.79 Å². The topological polar surface area (TPSA) is 58.6 Å². The van der Waals surface area contributed by atoms with E-state index < -0.39 is 0 Å². The zero-order valence-corrected chi connectivity index (χ0v) is 14.4. The van der Waals surface area contributed by atoms with Crippen LogP contribution in [0.5, 0.6) is 0 Å². The zero-order chi connectivity index (χ0) is 16.4. The summed E-state index contributed by atoms with van der Waals surface area (Å²) in [6.07, 6.45) is 10.4. The molecule has 1 aliphatic heterocycles. The van der Waals surface area contributed by atoms with E-state index in [1.165, 1.54) is 38.5 Å². The van der Waals surface area contributed by atoms with Crippen molar-refractivity contribution in [2.75, 3.05) is 13.1 Å². The van der Waals surface area contributed by atoms with Gasteiger partial charge in [-0.05, 0) is 52.9 Å². The van der Waals surface area contributed by atoms with Gasteiger partial charge < -0.3 is 15.0 Å². The molecule has 1 saturated carbocycles. The van der Waals surface area contributed by atoms with Crippen LogP contribution in [0, 0.1) is 0 Å². The summed E-state index contributed by atoms with van der Waals surface area (Å²) in [4.78, 5) is 23.3. The Balaban J connectivity index is 0.000000235. The van der Waals surface area contributed by atoms with Crippen LogP contribution >= 0.6 is 0 Å². The lowest BCUT2D eigenvalue weighted by atomic mass is 9.96. The number of carbonyl (C=O) groups is 2. The number of amides is 2. The smallest absolute Gasteiger partial charge is 0.410 e. The Morgan fingerprint density at radius 3 is 2.09 bits per heavy atom. The van der Waals surface area contributed by atoms with Crippen LogP contribution in [-0.2, 0) is 9.53 Å². The van der Waals surface area contributed by atoms with Gasteiger partial charge in [0.05, 0.1) is 0 Å². The minimum absolute atomic E-state index is 0.160. The number of hydrogen-bond acceptors (Lipinski definition) is 3. The van der Waals surface area contributed by atoms with Crippen molar-refractivity contribution in [3.05, 3.63) is 0 Å². The molecule has 1 saturated heterocycles. The van der Waals surface area contributed by atoms with Crippen molar-refractivity contribution in [2.24, 2.45) is 0 Å². The van der Waals surface area contributed by atoms with Gasteiger partial charge in [0.15, 0.2) is 0 Å². The van der Waals surface area contributed by atoms with Crippen molar-refractivity contribution >= 4 is 12.5 Å². The quantitative estimate of drug-likeness (QED) is 0.794. The number of carbonyl (C=O) groups excluding carboxylic acids is 2. The lowest BCUT2D eigenvalue weighted by Gasteiger charge is -2.29. The molecule has 1 N–H and O–H groups in total. The first-order valence-electron chi connectivity index (χ1n) is 8.60. The molecule has 22 heavy (non-hydrogen) atoms. The largest absolute Gasteiger partial charge is 0.444 e. The molecule has 2 amide bonds. The molecule has 0 bridgehead atoms. The number of rotatable bonds is 2. The highest BCUT2D eigenvalue weighted by Gasteiger charge is 2.22. The molecule has 1 aliphatic carbocycles. The Kier molecular flexibility index (Phi) is 8.28. The highest BCUT2D eigenvalue weighted by atomic mass is 16.6. The Labute approximate surface area is 134 Å². The van der Waals surface area contributed by atoms with Crippen molar-refractivity contribution in [1.82, 2.24) is 10.2 Å². The number of likely N-dealkylation sites (tertiary alicyclic amines) is 1. The van der Waals surface area contributed by atoms with E-state index in [0.29, 0.717) is 6.04 Å². The van der Waals surface area contributed by atoms with Crippen molar-refractivity contribution in [3.8, 4) is 0 Å². The fourth-order valence-electron chi connectivity index (χ4n) is 2.77. The molecule has 0 aromatic carbocycles. The molecule has 2 fully saturated rings. The SMILES string of the molecule is CC(C)(C)OC(=O)N1CCCCC1.O=CNC1CCCCC1. The van der Waals surface area contributed by atoms with Crippen molar-refractivity contribution in [2.45, 2.75) is 83.8 Å². The second kappa shape index (κ2) is 9.70. The summed E-state index contributed by atoms with van der Waals surface area (Å²) in [5.41, 5.74) is -0.367. The van der Waals surface area contributed by atoms with Crippen LogP contribution in [0.25, 0.3) is 0 Å². The molecular formula is C17H32N2O3. The Morgan fingerprint density at radius 2 is 1.59 bits per heavy atom. The minimum Gasteiger partial charge on any atom is -0.444 e. The maximum absolute atomic E-state index is 11.5. The van der Waals surface area contributed by atoms with Gasteiger partial charge in [0.2, 0.25) is 6.41 Å². The summed E-state index contributed by atoms with van der Waals surface area (Å²) >= 11 is 0. The van der Waals surface area contributed by atoms with Crippen molar-refractivity contribution in [3.63, 3.8) is 0 Å². The van der Waals surface area contributed by atoms with Gasteiger partial charge in [0.1, 0.15) is 5.60 Å². The van der Waals surface area contributed by atoms with Crippen molar-refractivity contribution in [1.29, 1.82) is 0 Å². The molecule has 1 heterocycles. The molecule has 0 unspecified atom stereocenters. The molecule has 5 heteroatoms. The molecule has 128 valence electrons. The zero-order valence-electron chi connectivity index (χ0n) is 14.4. The predicted octanol–water partition coefficient (Wildman–Crippen LogP) is 3.47. The Bertz CT molecular complexity index is 327. The monoisotopic (exact) mass is 312 g/mol. The first-order valence-corrected chi connectivity index (χ1v) is 8.60. The lowest BCUT2D eigenvalue weighted by molar-refractivity contribution is -0.110. The number of hydrogen-bond donors (Lipinski definition) is 1. The van der Waals surface area contributed by atoms with E-state index in [-0.39, 0.29) is 11.7 Å². The van der Waals surface area contributed by atoms with E-state index in [4.69, 9.17) is 4.74 Å². The highest BCUT2D eigenvalue weighted by molar-refractivity contribution is 5.68. The first kappa shape index (κ1) is 18.8. The average Bonchev–Trinajstić information content (AvgIpc) is 2.49. The summed E-state index contributed by atoms with van der Waals surface area (Å²) in [5.74, 6) is 0. The third kappa shape index (κ3) is 8.25. The first-order chi connectivity index (χ1) is 10.4. The number of nitrogens with zero attached hydrogens (tertiary/aromatic N) is 1. The maximum atomic E-state index is 11.5. The number of ether oxygens (including phenoxy) is 1. The van der Waals surface area contributed by atoms with Crippen molar-refractivity contribution < 1.29 is 14.3 Å². The van der Waals surface area contributed by atoms with Gasteiger partial charge in [-0.3, -0.25) is 4.79 Å². The molecule has 0 atom stereocenters. The van der Waals surface area contributed by atoms with E-state index in [1.807, 2.05) is 20.8 Å². The summed E-state index contributed by atoms with van der Waals surface area (Å²) in [6, 6.07) is 0.483. The highest BCUT2D eigenvalue weighted by Crippen LogP contribution is 2.16. The van der Waals surface area contributed by atoms with Gasteiger partial charge in [-0.1, -0.05) is 19.3 Å². The minimum atomic E-state index is -0.367.